The molecule has 134 valence electrons. The molecule has 1 aromatic carbocycles. The fourth-order valence-electron chi connectivity index (χ4n) is 2.60. The largest absolute Gasteiger partial charge is 0.469 e. The fraction of sp³-hybridized carbons (Fsp3) is 0.421. The van der Waals surface area contributed by atoms with Crippen molar-refractivity contribution in [1.82, 2.24) is 15.1 Å². The molecule has 25 heavy (non-hydrogen) atoms. The van der Waals surface area contributed by atoms with E-state index in [0.717, 1.165) is 16.7 Å². The van der Waals surface area contributed by atoms with Gasteiger partial charge in [-0.3, -0.25) is 14.3 Å². The molecule has 0 fully saturated rings. The predicted octanol–water partition coefficient (Wildman–Crippen LogP) is 2.71. The Labute approximate surface area is 148 Å². The van der Waals surface area contributed by atoms with Gasteiger partial charge in [-0.2, -0.15) is 5.10 Å². The van der Waals surface area contributed by atoms with Crippen molar-refractivity contribution in [1.29, 1.82) is 0 Å². The molecule has 0 saturated carbocycles. The summed E-state index contributed by atoms with van der Waals surface area (Å²) in [5.41, 5.74) is 3.55. The van der Waals surface area contributed by atoms with Gasteiger partial charge in [0.2, 0.25) is 0 Å². The molecule has 0 bridgehead atoms. The third-order valence-electron chi connectivity index (χ3n) is 4.25. The number of rotatable bonds is 6. The van der Waals surface area contributed by atoms with Crippen molar-refractivity contribution >= 4 is 11.9 Å². The average Bonchev–Trinajstić information content (AvgIpc) is 3.00. The standard InChI is InChI=1S/C19H25N3O3/c1-12(2)17(9-18(23)25-5)21-19(24)14-7-6-13(3)16(8-14)15-10-20-22(4)11-15/h6-8,10-12,17H,9H2,1-5H3,(H,21,24)/t17-/m1/s1. The molecule has 2 aromatic rings. The second-order valence-corrected chi connectivity index (χ2v) is 6.54. The van der Waals surface area contributed by atoms with E-state index in [2.05, 4.69) is 10.4 Å². The van der Waals surface area contributed by atoms with Crippen molar-refractivity contribution in [3.05, 3.63) is 41.7 Å². The first-order chi connectivity index (χ1) is 11.8. The Balaban J connectivity index is 2.22. The van der Waals surface area contributed by atoms with Gasteiger partial charge >= 0.3 is 5.97 Å². The molecule has 0 aliphatic heterocycles. The monoisotopic (exact) mass is 343 g/mol. The maximum Gasteiger partial charge on any atom is 0.307 e. The summed E-state index contributed by atoms with van der Waals surface area (Å²) in [7, 11) is 3.21. The zero-order valence-corrected chi connectivity index (χ0v) is 15.4. The minimum atomic E-state index is -0.334. The SMILES string of the molecule is COC(=O)C[C@@H](NC(=O)c1ccc(C)c(-c2cnn(C)c2)c1)C(C)C. The number of carbonyl (C=O) groups excluding carboxylic acids is 2. The lowest BCUT2D eigenvalue weighted by Crippen LogP contribution is -2.40. The second-order valence-electron chi connectivity index (χ2n) is 6.54. The Bertz CT molecular complexity index is 765. The molecule has 2 rings (SSSR count). The molecule has 0 radical (unpaired) electrons. The van der Waals surface area contributed by atoms with E-state index in [9.17, 15) is 9.59 Å². The van der Waals surface area contributed by atoms with Crippen LogP contribution in [0.25, 0.3) is 11.1 Å². The van der Waals surface area contributed by atoms with Crippen LogP contribution >= 0.6 is 0 Å². The zero-order chi connectivity index (χ0) is 18.6. The molecule has 0 unspecified atom stereocenters. The van der Waals surface area contributed by atoms with Gasteiger partial charge in [0, 0.05) is 30.4 Å². The predicted molar refractivity (Wildman–Crippen MR) is 96.1 cm³/mol. The van der Waals surface area contributed by atoms with Crippen LogP contribution in [0, 0.1) is 12.8 Å². The number of hydrogen-bond donors (Lipinski definition) is 1. The highest BCUT2D eigenvalue weighted by Gasteiger charge is 2.21. The Morgan fingerprint density at radius 3 is 2.60 bits per heavy atom. The van der Waals surface area contributed by atoms with E-state index in [1.807, 2.05) is 46.1 Å². The lowest BCUT2D eigenvalue weighted by molar-refractivity contribution is -0.141. The lowest BCUT2D eigenvalue weighted by atomic mass is 9.98. The molecule has 1 amide bonds. The fourth-order valence-corrected chi connectivity index (χ4v) is 2.60. The summed E-state index contributed by atoms with van der Waals surface area (Å²) >= 11 is 0. The van der Waals surface area contributed by atoms with Crippen LogP contribution in [0.15, 0.2) is 30.6 Å². The van der Waals surface area contributed by atoms with Gasteiger partial charge in [-0.05, 0) is 36.1 Å². The number of carbonyl (C=O) groups is 2. The van der Waals surface area contributed by atoms with Crippen LogP contribution in [-0.2, 0) is 16.6 Å². The molecule has 0 aliphatic rings. The number of hydrogen-bond acceptors (Lipinski definition) is 4. The molecule has 1 atom stereocenters. The molecule has 1 N–H and O–H groups in total. The molecule has 6 nitrogen and oxygen atoms in total. The minimum Gasteiger partial charge on any atom is -0.469 e. The highest BCUT2D eigenvalue weighted by atomic mass is 16.5. The normalized spacial score (nSPS) is 12.1. The van der Waals surface area contributed by atoms with Crippen LogP contribution in [0.3, 0.4) is 0 Å². The van der Waals surface area contributed by atoms with E-state index in [-0.39, 0.29) is 30.3 Å². The van der Waals surface area contributed by atoms with Crippen LogP contribution < -0.4 is 5.32 Å². The summed E-state index contributed by atoms with van der Waals surface area (Å²) in [6.45, 7) is 5.92. The molecule has 0 spiro atoms. The number of nitrogens with zero attached hydrogens (tertiary/aromatic N) is 2. The van der Waals surface area contributed by atoms with Crippen molar-refractivity contribution in [3.8, 4) is 11.1 Å². The summed E-state index contributed by atoms with van der Waals surface area (Å²) < 4.78 is 6.44. The maximum atomic E-state index is 12.6. The number of benzene rings is 1. The van der Waals surface area contributed by atoms with Gasteiger partial charge in [0.1, 0.15) is 0 Å². The topological polar surface area (TPSA) is 73.2 Å². The summed E-state index contributed by atoms with van der Waals surface area (Å²) in [6.07, 6.45) is 3.84. The number of ether oxygens (including phenoxy) is 1. The van der Waals surface area contributed by atoms with E-state index in [4.69, 9.17) is 4.74 Å². The van der Waals surface area contributed by atoms with Crippen LogP contribution in [0.1, 0.15) is 36.2 Å². The van der Waals surface area contributed by atoms with Crippen molar-refractivity contribution in [3.63, 3.8) is 0 Å². The summed E-state index contributed by atoms with van der Waals surface area (Å²) in [4.78, 5) is 24.2. The Morgan fingerprint density at radius 2 is 2.04 bits per heavy atom. The Kier molecular flexibility index (Phi) is 5.96. The number of esters is 1. The van der Waals surface area contributed by atoms with Crippen molar-refractivity contribution in [2.45, 2.75) is 33.2 Å². The van der Waals surface area contributed by atoms with Gasteiger partial charge in [-0.15, -0.1) is 0 Å². The van der Waals surface area contributed by atoms with Gasteiger partial charge in [0.05, 0.1) is 19.7 Å². The van der Waals surface area contributed by atoms with Gasteiger partial charge in [0.15, 0.2) is 0 Å². The smallest absolute Gasteiger partial charge is 0.307 e. The van der Waals surface area contributed by atoms with Crippen molar-refractivity contribution in [2.24, 2.45) is 13.0 Å². The summed E-state index contributed by atoms with van der Waals surface area (Å²) in [5, 5.41) is 7.13. The average molecular weight is 343 g/mol. The Hall–Kier alpha value is -2.63. The molecular formula is C19H25N3O3. The Morgan fingerprint density at radius 1 is 1.32 bits per heavy atom. The zero-order valence-electron chi connectivity index (χ0n) is 15.4. The highest BCUT2D eigenvalue weighted by Crippen LogP contribution is 2.24. The molecule has 6 heteroatoms. The molecular weight excluding hydrogens is 318 g/mol. The molecule has 1 heterocycles. The number of methoxy groups -OCH3 is 1. The van der Waals surface area contributed by atoms with Gasteiger partial charge in [0.25, 0.3) is 5.91 Å². The van der Waals surface area contributed by atoms with Crippen molar-refractivity contribution < 1.29 is 14.3 Å². The van der Waals surface area contributed by atoms with Gasteiger partial charge in [-0.1, -0.05) is 19.9 Å². The number of nitrogens with one attached hydrogen (secondary N) is 1. The molecule has 0 saturated heterocycles. The lowest BCUT2D eigenvalue weighted by Gasteiger charge is -2.21. The van der Waals surface area contributed by atoms with Gasteiger partial charge in [-0.25, -0.2) is 0 Å². The summed E-state index contributed by atoms with van der Waals surface area (Å²) in [5.74, 6) is -0.419. The van der Waals surface area contributed by atoms with Crippen LogP contribution in [0.4, 0.5) is 0 Å². The van der Waals surface area contributed by atoms with Crippen LogP contribution in [-0.4, -0.2) is 34.8 Å². The molecule has 1 aromatic heterocycles. The van der Waals surface area contributed by atoms with E-state index in [1.165, 1.54) is 7.11 Å². The minimum absolute atomic E-state index is 0.117. The van der Waals surface area contributed by atoms with Crippen LogP contribution in [0.2, 0.25) is 0 Å². The first-order valence-electron chi connectivity index (χ1n) is 8.29. The third-order valence-corrected chi connectivity index (χ3v) is 4.25. The first kappa shape index (κ1) is 18.7. The number of amides is 1. The highest BCUT2D eigenvalue weighted by molar-refractivity contribution is 5.96. The van der Waals surface area contributed by atoms with E-state index < -0.39 is 0 Å². The number of aryl methyl sites for hydroxylation is 2. The second kappa shape index (κ2) is 7.96. The van der Waals surface area contributed by atoms with Crippen molar-refractivity contribution in [2.75, 3.05) is 7.11 Å². The van der Waals surface area contributed by atoms with E-state index in [0.29, 0.717) is 5.56 Å². The van der Waals surface area contributed by atoms with Gasteiger partial charge < -0.3 is 10.1 Å². The summed E-state index contributed by atoms with van der Waals surface area (Å²) in [6, 6.07) is 5.29. The van der Waals surface area contributed by atoms with E-state index >= 15 is 0 Å². The first-order valence-corrected chi connectivity index (χ1v) is 8.29. The maximum absolute atomic E-state index is 12.6. The van der Waals surface area contributed by atoms with E-state index in [1.54, 1.807) is 16.9 Å². The quantitative estimate of drug-likeness (QED) is 0.819. The number of aromatic nitrogens is 2. The van der Waals surface area contributed by atoms with Crippen LogP contribution in [0.5, 0.6) is 0 Å². The molecule has 0 aliphatic carbocycles. The third kappa shape index (κ3) is 4.68.